The predicted molar refractivity (Wildman–Crippen MR) is 55.5 cm³/mol. The van der Waals surface area contributed by atoms with E-state index < -0.39 is 9.76 Å². The Bertz CT molecular complexity index is 259. The highest BCUT2D eigenvalue weighted by atomic mass is 28.2. The lowest BCUT2D eigenvalue weighted by atomic mass is 10.2. The van der Waals surface area contributed by atoms with Crippen LogP contribution in [-0.2, 0) is 4.43 Å². The summed E-state index contributed by atoms with van der Waals surface area (Å²) in [5, 5.41) is 0. The van der Waals surface area contributed by atoms with E-state index in [9.17, 15) is 4.79 Å². The molecule has 0 N–H and O–H groups in total. The summed E-state index contributed by atoms with van der Waals surface area (Å²) < 4.78 is 5.17. The second kappa shape index (κ2) is 5.53. The van der Waals surface area contributed by atoms with Gasteiger partial charge in [-0.05, 0) is 18.2 Å². The molecule has 2 nitrogen and oxygen atoms in total. The SMILES string of the molecule is CCC[SiH2]OC(=O)c1ccccc1. The molecule has 0 aromatic heterocycles. The standard InChI is InChI=1S/C10H14O2Si/c1-2-8-13-12-10(11)9-6-4-3-5-7-9/h3-7H,2,8,13H2,1H3. The van der Waals surface area contributed by atoms with E-state index in [1.807, 2.05) is 18.2 Å². The van der Waals surface area contributed by atoms with Crippen LogP contribution in [-0.4, -0.2) is 15.7 Å². The number of benzene rings is 1. The third-order valence-electron chi connectivity index (χ3n) is 1.74. The highest BCUT2D eigenvalue weighted by Crippen LogP contribution is 2.01. The quantitative estimate of drug-likeness (QED) is 0.539. The van der Waals surface area contributed by atoms with Crippen molar-refractivity contribution in [2.45, 2.75) is 19.4 Å². The fraction of sp³-hybridized carbons (Fsp3) is 0.300. The van der Waals surface area contributed by atoms with Gasteiger partial charge in [0.15, 0.2) is 0 Å². The smallest absolute Gasteiger partial charge is 0.324 e. The van der Waals surface area contributed by atoms with E-state index in [0.717, 1.165) is 12.5 Å². The van der Waals surface area contributed by atoms with Gasteiger partial charge >= 0.3 is 5.97 Å². The minimum absolute atomic E-state index is 0.166. The van der Waals surface area contributed by atoms with Gasteiger partial charge in [-0.2, -0.15) is 0 Å². The zero-order valence-electron chi connectivity index (χ0n) is 7.82. The first-order valence-electron chi connectivity index (χ1n) is 4.56. The van der Waals surface area contributed by atoms with Gasteiger partial charge in [0, 0.05) is 0 Å². The molecule has 70 valence electrons. The summed E-state index contributed by atoms with van der Waals surface area (Å²) in [5.41, 5.74) is 0.658. The van der Waals surface area contributed by atoms with Gasteiger partial charge in [-0.1, -0.05) is 31.5 Å². The molecule has 0 bridgehead atoms. The first-order valence-corrected chi connectivity index (χ1v) is 6.14. The summed E-state index contributed by atoms with van der Waals surface area (Å²) in [6, 6.07) is 10.2. The minimum atomic E-state index is -0.630. The molecule has 1 aromatic carbocycles. The first kappa shape index (κ1) is 9.99. The van der Waals surface area contributed by atoms with Crippen LogP contribution in [0.15, 0.2) is 30.3 Å². The van der Waals surface area contributed by atoms with Crippen molar-refractivity contribution in [1.29, 1.82) is 0 Å². The van der Waals surface area contributed by atoms with Gasteiger partial charge in [0.25, 0.3) is 0 Å². The van der Waals surface area contributed by atoms with Gasteiger partial charge in [0.2, 0.25) is 9.76 Å². The van der Waals surface area contributed by atoms with Crippen molar-refractivity contribution in [3.63, 3.8) is 0 Å². The Kier molecular flexibility index (Phi) is 4.25. The zero-order chi connectivity index (χ0) is 9.52. The van der Waals surface area contributed by atoms with E-state index in [1.54, 1.807) is 12.1 Å². The molecule has 13 heavy (non-hydrogen) atoms. The molecule has 1 rings (SSSR count). The average molecular weight is 194 g/mol. The Morgan fingerprint density at radius 3 is 2.69 bits per heavy atom. The molecule has 0 aliphatic rings. The molecule has 0 saturated carbocycles. The van der Waals surface area contributed by atoms with Gasteiger partial charge in [-0.15, -0.1) is 0 Å². The number of hydrogen-bond acceptors (Lipinski definition) is 2. The Morgan fingerprint density at radius 2 is 2.08 bits per heavy atom. The maximum atomic E-state index is 11.3. The van der Waals surface area contributed by atoms with E-state index in [0.29, 0.717) is 5.56 Å². The summed E-state index contributed by atoms with van der Waals surface area (Å²) in [5.74, 6) is -0.166. The molecule has 0 saturated heterocycles. The largest absolute Gasteiger partial charge is 0.521 e. The lowest BCUT2D eigenvalue weighted by molar-refractivity contribution is 0.0741. The fourth-order valence-corrected chi connectivity index (χ4v) is 1.75. The van der Waals surface area contributed by atoms with Gasteiger partial charge in [-0.25, -0.2) is 4.79 Å². The van der Waals surface area contributed by atoms with Crippen LogP contribution >= 0.6 is 0 Å². The van der Waals surface area contributed by atoms with E-state index in [1.165, 1.54) is 0 Å². The fourth-order valence-electron chi connectivity index (χ4n) is 0.967. The van der Waals surface area contributed by atoms with E-state index in [2.05, 4.69) is 6.92 Å². The summed E-state index contributed by atoms with van der Waals surface area (Å²) in [7, 11) is -0.630. The van der Waals surface area contributed by atoms with E-state index in [-0.39, 0.29) is 5.97 Å². The number of carbonyl (C=O) groups is 1. The van der Waals surface area contributed by atoms with Gasteiger partial charge in [-0.3, -0.25) is 0 Å². The van der Waals surface area contributed by atoms with Crippen LogP contribution in [0.3, 0.4) is 0 Å². The van der Waals surface area contributed by atoms with Crippen LogP contribution in [0, 0.1) is 0 Å². The molecule has 3 heteroatoms. The minimum Gasteiger partial charge on any atom is -0.521 e. The Morgan fingerprint density at radius 1 is 1.38 bits per heavy atom. The molecule has 0 atom stereocenters. The lowest BCUT2D eigenvalue weighted by Gasteiger charge is -2.02. The Hall–Kier alpha value is -1.09. The third kappa shape index (κ3) is 3.42. The normalized spacial score (nSPS) is 10.5. The van der Waals surface area contributed by atoms with Crippen LogP contribution in [0.2, 0.25) is 6.04 Å². The maximum absolute atomic E-state index is 11.3. The molecular weight excluding hydrogens is 180 g/mol. The molecule has 0 spiro atoms. The summed E-state index contributed by atoms with van der Waals surface area (Å²) in [4.78, 5) is 11.3. The van der Waals surface area contributed by atoms with Gasteiger partial charge < -0.3 is 4.43 Å². The molecule has 0 aliphatic carbocycles. The lowest BCUT2D eigenvalue weighted by Crippen LogP contribution is -2.08. The number of carbonyl (C=O) groups excluding carboxylic acids is 1. The molecule has 0 radical (unpaired) electrons. The van der Waals surface area contributed by atoms with Gasteiger partial charge in [0.1, 0.15) is 0 Å². The van der Waals surface area contributed by atoms with Crippen molar-refractivity contribution in [3.05, 3.63) is 35.9 Å². The average Bonchev–Trinajstić information content (AvgIpc) is 2.19. The third-order valence-corrected chi connectivity index (χ3v) is 3.20. The molecule has 0 heterocycles. The predicted octanol–water partition coefficient (Wildman–Crippen LogP) is 1.76. The Labute approximate surface area is 80.9 Å². The van der Waals surface area contributed by atoms with E-state index >= 15 is 0 Å². The van der Waals surface area contributed by atoms with Crippen LogP contribution < -0.4 is 0 Å². The van der Waals surface area contributed by atoms with Crippen molar-refractivity contribution in [2.24, 2.45) is 0 Å². The van der Waals surface area contributed by atoms with Crippen molar-refractivity contribution >= 4 is 15.7 Å². The molecule has 0 fully saturated rings. The van der Waals surface area contributed by atoms with Crippen molar-refractivity contribution in [3.8, 4) is 0 Å². The van der Waals surface area contributed by atoms with Crippen LogP contribution in [0.5, 0.6) is 0 Å². The van der Waals surface area contributed by atoms with Crippen molar-refractivity contribution < 1.29 is 9.22 Å². The van der Waals surface area contributed by atoms with Crippen LogP contribution in [0.4, 0.5) is 0 Å². The monoisotopic (exact) mass is 194 g/mol. The van der Waals surface area contributed by atoms with Gasteiger partial charge in [0.05, 0.1) is 5.56 Å². The topological polar surface area (TPSA) is 26.3 Å². The van der Waals surface area contributed by atoms with Crippen molar-refractivity contribution in [2.75, 3.05) is 0 Å². The maximum Gasteiger partial charge on any atom is 0.324 e. The highest BCUT2D eigenvalue weighted by Gasteiger charge is 2.03. The molecule has 0 amide bonds. The second-order valence-electron chi connectivity index (χ2n) is 2.86. The van der Waals surface area contributed by atoms with E-state index in [4.69, 9.17) is 4.43 Å². The first-order chi connectivity index (χ1) is 6.34. The Balaban J connectivity index is 2.40. The van der Waals surface area contributed by atoms with Crippen LogP contribution in [0.1, 0.15) is 23.7 Å². The molecule has 0 aliphatic heterocycles. The number of hydrogen-bond donors (Lipinski definition) is 0. The van der Waals surface area contributed by atoms with Crippen LogP contribution in [0.25, 0.3) is 0 Å². The summed E-state index contributed by atoms with van der Waals surface area (Å²) in [6.07, 6.45) is 1.11. The molecular formula is C10H14O2Si. The highest BCUT2D eigenvalue weighted by molar-refractivity contribution is 6.31. The second-order valence-corrected chi connectivity index (χ2v) is 4.26. The zero-order valence-corrected chi connectivity index (χ0v) is 9.24. The molecule has 0 unspecified atom stereocenters. The summed E-state index contributed by atoms with van der Waals surface area (Å²) >= 11 is 0. The number of rotatable bonds is 4. The summed E-state index contributed by atoms with van der Waals surface area (Å²) in [6.45, 7) is 2.10. The molecule has 1 aromatic rings. The van der Waals surface area contributed by atoms with Crippen molar-refractivity contribution in [1.82, 2.24) is 0 Å².